The molecule has 656 valence electrons. The highest BCUT2D eigenvalue weighted by Gasteiger charge is 2.77. The van der Waals surface area contributed by atoms with Gasteiger partial charge in [0.2, 0.25) is 13.7 Å². The first-order chi connectivity index (χ1) is 45.8. The first kappa shape index (κ1) is 122. The van der Waals surface area contributed by atoms with E-state index in [4.69, 9.17) is 33.7 Å². The van der Waals surface area contributed by atoms with Crippen molar-refractivity contribution in [3.05, 3.63) is 36.1 Å². The largest absolute Gasteiger partial charge is 0.476 e. The Morgan fingerprint density at radius 3 is 0.570 bits per heavy atom. The summed E-state index contributed by atoms with van der Waals surface area (Å²) in [6.07, 6.45) is -76.9. The first-order valence-corrected chi connectivity index (χ1v) is 27.9. The quantitative estimate of drug-likeness (QED) is 0.0400. The van der Waals surface area contributed by atoms with Gasteiger partial charge in [-0.15, -0.1) is 0 Å². The summed E-state index contributed by atoms with van der Waals surface area (Å²) in [5, 5.41) is -14.0. The van der Waals surface area contributed by atoms with E-state index in [-0.39, 0.29) is 0 Å². The summed E-state index contributed by atoms with van der Waals surface area (Å²) in [7, 11) is -37.8. The molecule has 80 heteroatoms. The summed E-state index contributed by atoms with van der Waals surface area (Å²) in [6, 6.07) is -4.32. The van der Waals surface area contributed by atoms with E-state index in [1.165, 1.54) is 4.74 Å². The molecule has 0 aromatic carbocycles. The Labute approximate surface area is 550 Å². The monoisotopic (exact) mass is 1880 g/mol. The minimum atomic E-state index is -7.65. The van der Waals surface area contributed by atoms with Gasteiger partial charge in [0.1, 0.15) is 0 Å². The molecule has 0 aliphatic carbocycles. The zero-order chi connectivity index (χ0) is 90.1. The van der Waals surface area contributed by atoms with Crippen LogP contribution in [0.2, 0.25) is 0 Å². The fraction of sp³-hybridized carbons (Fsp3) is 0.778. The lowest BCUT2D eigenvalue weighted by molar-refractivity contribution is -0.523. The Balaban J connectivity index is -0.000000129. The van der Waals surface area contributed by atoms with Gasteiger partial charge in [-0.1, -0.05) is 38.9 Å². The maximum atomic E-state index is 12.6. The van der Waals surface area contributed by atoms with E-state index in [1.54, 1.807) is 4.74 Å². The lowest BCUT2D eigenvalue weighted by atomic mass is 10.3. The number of hydrogen-bond acceptors (Lipinski definition) is 20. The van der Waals surface area contributed by atoms with Crippen molar-refractivity contribution >= 4 is 62.9 Å². The van der Waals surface area contributed by atoms with Crippen LogP contribution in [0.3, 0.4) is 0 Å². The number of halogens is 54. The van der Waals surface area contributed by atoms with Crippen molar-refractivity contribution in [1.29, 1.82) is 0 Å². The van der Waals surface area contributed by atoms with Crippen molar-refractivity contribution in [2.75, 3.05) is 47.3 Å². The van der Waals surface area contributed by atoms with Gasteiger partial charge < -0.3 is 9.47 Å². The Morgan fingerprint density at radius 2 is 0.439 bits per heavy atom. The Morgan fingerprint density at radius 1 is 0.252 bits per heavy atom. The van der Waals surface area contributed by atoms with Crippen LogP contribution in [-0.2, 0) is 101 Å². The van der Waals surface area contributed by atoms with Crippen LogP contribution in [0.15, 0.2) is 36.1 Å². The molecule has 0 aromatic heterocycles. The van der Waals surface area contributed by atoms with Gasteiger partial charge in [0, 0.05) is 0 Å². The molecule has 0 atom stereocenters. The van der Waals surface area contributed by atoms with Crippen LogP contribution in [0, 0.1) is 0 Å². The number of hydrogen-bond donors (Lipinski definition) is 0. The maximum absolute atomic E-state index is 12.6. The van der Waals surface area contributed by atoms with Gasteiger partial charge in [-0.3, -0.25) is 4.74 Å². The minimum absolute atomic E-state index is 1.51. The minimum Gasteiger partial charge on any atom is -0.435 e. The SMILES string of the molecule is FCC(F)(F)OC(F)(F)C(F)(F)OC(F)(F)CF.FCOC(F)(F)C(F)=C(F)F.FCOC(F)=C(F)F.FCOC(F)=C(F)F.O=S(=O)(F)C(F)(F)C(F)(F)OC(F)(F)C(F)(F)CF.O=S(=O)(F)C(F)(F)C(F)(F)OC(F)(F)C(F)(F)OC(F)(F)CF.O=S(=O)(F)F.O=S(=O)(F)F.O=S(=O)(F)F.O=S(=O)(F)F. The van der Waals surface area contributed by atoms with Crippen molar-refractivity contribution in [3.8, 4) is 0 Å². The lowest BCUT2D eigenvalue weighted by Crippen LogP contribution is -2.57. The summed E-state index contributed by atoms with van der Waals surface area (Å²) in [5.74, 6) is -9.04. The van der Waals surface area contributed by atoms with Crippen LogP contribution < -0.4 is 0 Å². The number of ether oxygens (including phenoxy) is 8. The molecule has 0 unspecified atom stereocenters. The zero-order valence-electron chi connectivity index (χ0n) is 46.0. The molecule has 0 aliphatic heterocycles. The summed E-state index contributed by atoms with van der Waals surface area (Å²) >= 11 is 0. The average molecular weight is 1880 g/mol. The fourth-order valence-corrected chi connectivity index (χ4v) is 2.86. The maximum Gasteiger partial charge on any atom is 0.476 e. The molecule has 0 aromatic rings. The van der Waals surface area contributed by atoms with E-state index < -0.39 is 230 Å². The average Bonchev–Trinajstić information content (AvgIpc) is 0.763. The van der Waals surface area contributed by atoms with Crippen LogP contribution in [0.4, 0.5) is 232 Å². The van der Waals surface area contributed by atoms with Crippen molar-refractivity contribution < 1.29 is 320 Å². The van der Waals surface area contributed by atoms with E-state index >= 15 is 0 Å². The molecule has 0 fully saturated rings. The predicted octanol–water partition coefficient (Wildman–Crippen LogP) is 16.5. The molecule has 0 bridgehead atoms. The fourth-order valence-electron chi connectivity index (χ4n) is 2.21. The van der Waals surface area contributed by atoms with E-state index in [0.29, 0.717) is 0 Å². The van der Waals surface area contributed by atoms with Gasteiger partial charge in [-0.25, -0.2) is 54.4 Å². The number of alkyl halides is 35. The molecule has 0 saturated heterocycles. The van der Waals surface area contributed by atoms with Crippen LogP contribution in [0.5, 0.6) is 0 Å². The zero-order valence-corrected chi connectivity index (χ0v) is 50.9. The molecule has 0 rings (SSSR count). The smallest absolute Gasteiger partial charge is 0.435 e. The van der Waals surface area contributed by atoms with Crippen LogP contribution in [0.25, 0.3) is 0 Å². The summed E-state index contributed by atoms with van der Waals surface area (Å²) in [4.78, 5) is 0. The molecule has 0 aliphatic rings. The molecule has 0 N–H and O–H groups in total. The topological polar surface area (TPSA) is 279 Å². The predicted molar refractivity (Wildman–Crippen MR) is 215 cm³/mol. The Hall–Kier alpha value is -5.50. The van der Waals surface area contributed by atoms with Crippen molar-refractivity contribution in [3.63, 3.8) is 0 Å². The highest BCUT2D eigenvalue weighted by molar-refractivity contribution is 7.87. The van der Waals surface area contributed by atoms with Gasteiger partial charge in [0.05, 0.1) is 0 Å². The first-order valence-electron chi connectivity index (χ1n) is 20.0. The van der Waals surface area contributed by atoms with E-state index in [9.17, 15) is 249 Å². The Kier molecular flexibility index (Phi) is 52.3. The Bertz CT molecular complexity index is 3190. The van der Waals surface area contributed by atoms with E-state index in [0.717, 1.165) is 0 Å². The summed E-state index contributed by atoms with van der Waals surface area (Å²) in [5.41, 5.74) is 0. The highest BCUT2D eigenvalue weighted by atomic mass is 32.3. The number of rotatable bonds is 28. The van der Waals surface area contributed by atoms with Gasteiger partial charge in [0.25, 0.3) is 5.83 Å². The summed E-state index contributed by atoms with van der Waals surface area (Å²) < 4.78 is 747. The van der Waals surface area contributed by atoms with Gasteiger partial charge in [-0.2, -0.15) is 213 Å². The van der Waals surface area contributed by atoms with Gasteiger partial charge in [0.15, 0.2) is 33.6 Å². The third-order valence-corrected chi connectivity index (χ3v) is 7.39. The molecule has 0 spiro atoms. The normalized spacial score (nSPS) is 13.3. The molecular formula is C27H14F54O20S6. The lowest BCUT2D eigenvalue weighted by Gasteiger charge is -2.31. The standard InChI is InChI=1S/C6H2F12O4S.C6H4F10O2.C5H2F10O3S.C4H2F6O.2C3H2F4O.4F2O2S/c7-1-2(8,9)21-3(10,11)4(12,13)22-5(14,15)6(16,17)23(18,19)20;7-1-3(9,10)17-5(13,14)6(15,16)18-4(11,12)2-8;6-1-2(7,8)3(9,10)18-4(11,12)5(13,14)19(15,16)17;5-1-11-4(9,10)2(6)3(7)8;2*4-1-8-3(7)2(5)6;4*1-5(2,3)4/h1H2;1-2H2;1H2;1H2;2*1H2;;;;. The van der Waals surface area contributed by atoms with Crippen molar-refractivity contribution in [2.24, 2.45) is 0 Å². The van der Waals surface area contributed by atoms with Crippen LogP contribution in [-0.4, -0.2) is 181 Å². The molecule has 0 saturated carbocycles. The van der Waals surface area contributed by atoms with Gasteiger partial charge >= 0.3 is 177 Å². The van der Waals surface area contributed by atoms with Crippen LogP contribution in [0.1, 0.15) is 0 Å². The third kappa shape index (κ3) is 60.0. The van der Waals surface area contributed by atoms with E-state index in [2.05, 4.69) is 23.7 Å². The molecule has 0 radical (unpaired) electrons. The highest BCUT2D eigenvalue weighted by Crippen LogP contribution is 2.50. The molecule has 20 nitrogen and oxygen atoms in total. The second-order valence-corrected chi connectivity index (χ2v) is 19.4. The van der Waals surface area contributed by atoms with Gasteiger partial charge in [-0.05, 0) is 0 Å². The molecule has 0 heterocycles. The third-order valence-electron chi connectivity index (χ3n) is 5.69. The van der Waals surface area contributed by atoms with Crippen molar-refractivity contribution in [1.82, 2.24) is 0 Å². The summed E-state index contributed by atoms with van der Waals surface area (Å²) in [6.45, 7) is -17.5. The van der Waals surface area contributed by atoms with Crippen LogP contribution >= 0.6 is 0 Å². The van der Waals surface area contributed by atoms with E-state index in [1.807, 2.05) is 4.74 Å². The second-order valence-electron chi connectivity index (χ2n) is 13.6. The van der Waals surface area contributed by atoms with Crippen molar-refractivity contribution in [2.45, 2.75) is 83.6 Å². The molecule has 107 heavy (non-hydrogen) atoms. The second kappa shape index (κ2) is 45.7. The molecule has 0 amide bonds. The molecular weight excluding hydrogens is 1860 g/mol.